The van der Waals surface area contributed by atoms with E-state index in [0.717, 1.165) is 17.7 Å². The van der Waals surface area contributed by atoms with E-state index in [1.165, 1.54) is 17.7 Å². The first kappa shape index (κ1) is 20.0. The number of non-ortho nitro benzene ring substituents is 1. The summed E-state index contributed by atoms with van der Waals surface area (Å²) in [6.45, 7) is 1.18. The number of benzene rings is 2. The predicted octanol–water partition coefficient (Wildman–Crippen LogP) is 2.88. The summed E-state index contributed by atoms with van der Waals surface area (Å²) in [6, 6.07) is 14.5. The van der Waals surface area contributed by atoms with Gasteiger partial charge in [0.25, 0.3) is 5.69 Å². The Morgan fingerprint density at radius 3 is 2.62 bits per heavy atom. The number of guanidine groups is 1. The van der Waals surface area contributed by atoms with Gasteiger partial charge >= 0.3 is 0 Å². The molecular weight excluding hydrogens is 447 g/mol. The van der Waals surface area contributed by atoms with Gasteiger partial charge < -0.3 is 15.4 Å². The van der Waals surface area contributed by atoms with Gasteiger partial charge in [-0.25, -0.2) is 0 Å². The number of rotatable bonds is 5. The van der Waals surface area contributed by atoms with E-state index in [0.29, 0.717) is 19.0 Å². The van der Waals surface area contributed by atoms with Crippen LogP contribution in [-0.2, 0) is 13.0 Å². The third-order valence-corrected chi connectivity index (χ3v) is 4.04. The molecule has 138 valence electrons. The standard InChI is InChI=1S/C18H20N4O3.HI/c1-19-18(20-11-13-6-8-15(9-7-13)22(23)24)21-12-16-10-14-4-2-3-5-17(14)25-16;/h2-9,16H,10-12H2,1H3,(H2,19,20,21);1H. The molecule has 0 saturated heterocycles. The maximum Gasteiger partial charge on any atom is 0.269 e. The van der Waals surface area contributed by atoms with E-state index in [1.54, 1.807) is 19.2 Å². The van der Waals surface area contributed by atoms with Crippen LogP contribution in [0.15, 0.2) is 53.5 Å². The molecule has 2 N–H and O–H groups in total. The molecule has 2 aromatic rings. The van der Waals surface area contributed by atoms with Crippen LogP contribution in [0.2, 0.25) is 0 Å². The van der Waals surface area contributed by atoms with Gasteiger partial charge in [0, 0.05) is 32.1 Å². The molecule has 3 rings (SSSR count). The van der Waals surface area contributed by atoms with Gasteiger partial charge in [0.1, 0.15) is 11.9 Å². The highest BCUT2D eigenvalue weighted by atomic mass is 127. The van der Waals surface area contributed by atoms with E-state index in [1.807, 2.05) is 18.2 Å². The number of nitro benzene ring substituents is 1. The van der Waals surface area contributed by atoms with Crippen molar-refractivity contribution in [1.29, 1.82) is 0 Å². The molecule has 0 aliphatic carbocycles. The normalized spacial score (nSPS) is 15.4. The molecule has 1 aliphatic rings. The molecule has 0 spiro atoms. The van der Waals surface area contributed by atoms with E-state index in [9.17, 15) is 10.1 Å². The van der Waals surface area contributed by atoms with Crippen LogP contribution in [0, 0.1) is 10.1 Å². The molecule has 0 bridgehead atoms. The summed E-state index contributed by atoms with van der Waals surface area (Å²) in [7, 11) is 1.70. The van der Waals surface area contributed by atoms with Gasteiger partial charge in [0.2, 0.25) is 0 Å². The maximum atomic E-state index is 10.7. The zero-order valence-corrected chi connectivity index (χ0v) is 16.7. The first-order valence-electron chi connectivity index (χ1n) is 8.08. The lowest BCUT2D eigenvalue weighted by Crippen LogP contribution is -2.41. The van der Waals surface area contributed by atoms with E-state index in [-0.39, 0.29) is 35.8 Å². The predicted molar refractivity (Wildman–Crippen MR) is 111 cm³/mol. The van der Waals surface area contributed by atoms with Crippen molar-refractivity contribution in [2.24, 2.45) is 4.99 Å². The SMILES string of the molecule is CN=C(NCc1ccc([N+](=O)[O-])cc1)NCC1Cc2ccccc2O1.I. The van der Waals surface area contributed by atoms with Gasteiger partial charge in [-0.1, -0.05) is 30.3 Å². The number of halogens is 1. The molecule has 2 aromatic carbocycles. The Bertz CT molecular complexity index is 755. The van der Waals surface area contributed by atoms with E-state index in [4.69, 9.17) is 4.74 Å². The van der Waals surface area contributed by atoms with Crippen LogP contribution in [0.3, 0.4) is 0 Å². The Morgan fingerprint density at radius 2 is 1.96 bits per heavy atom. The molecule has 0 amide bonds. The minimum absolute atomic E-state index is 0. The van der Waals surface area contributed by atoms with Crippen LogP contribution < -0.4 is 15.4 Å². The van der Waals surface area contributed by atoms with E-state index < -0.39 is 4.92 Å². The Morgan fingerprint density at radius 1 is 1.23 bits per heavy atom. The second-order valence-corrected chi connectivity index (χ2v) is 5.78. The number of hydrogen-bond acceptors (Lipinski definition) is 4. The maximum absolute atomic E-state index is 10.7. The fourth-order valence-electron chi connectivity index (χ4n) is 2.72. The summed E-state index contributed by atoms with van der Waals surface area (Å²) in [6.07, 6.45) is 0.957. The van der Waals surface area contributed by atoms with Crippen molar-refractivity contribution in [3.63, 3.8) is 0 Å². The van der Waals surface area contributed by atoms with Crippen molar-refractivity contribution in [3.05, 3.63) is 69.8 Å². The number of fused-ring (bicyclic) bond motifs is 1. The lowest BCUT2D eigenvalue weighted by Gasteiger charge is -2.15. The quantitative estimate of drug-likeness (QED) is 0.232. The smallest absolute Gasteiger partial charge is 0.269 e. The van der Waals surface area contributed by atoms with Crippen LogP contribution in [0.5, 0.6) is 5.75 Å². The Labute approximate surface area is 169 Å². The number of ether oxygens (including phenoxy) is 1. The summed E-state index contributed by atoms with van der Waals surface area (Å²) in [5.41, 5.74) is 2.26. The zero-order valence-electron chi connectivity index (χ0n) is 14.3. The number of aliphatic imine (C=N–C) groups is 1. The highest BCUT2D eigenvalue weighted by molar-refractivity contribution is 14.0. The lowest BCUT2D eigenvalue weighted by molar-refractivity contribution is -0.384. The van der Waals surface area contributed by atoms with Crippen LogP contribution in [0.25, 0.3) is 0 Å². The van der Waals surface area contributed by atoms with Gasteiger partial charge in [0.05, 0.1) is 11.5 Å². The van der Waals surface area contributed by atoms with Crippen molar-refractivity contribution >= 4 is 35.6 Å². The van der Waals surface area contributed by atoms with Crippen molar-refractivity contribution in [3.8, 4) is 5.75 Å². The number of nitro groups is 1. The number of hydrogen-bond donors (Lipinski definition) is 2. The zero-order chi connectivity index (χ0) is 17.6. The number of para-hydroxylation sites is 1. The average molecular weight is 468 g/mol. The van der Waals surface area contributed by atoms with Gasteiger partial charge in [-0.05, 0) is 17.2 Å². The molecule has 8 heteroatoms. The van der Waals surface area contributed by atoms with Crippen molar-refractivity contribution in [1.82, 2.24) is 10.6 Å². The van der Waals surface area contributed by atoms with Crippen LogP contribution in [0.1, 0.15) is 11.1 Å². The van der Waals surface area contributed by atoms with Gasteiger partial charge in [0.15, 0.2) is 5.96 Å². The molecular formula is C18H21IN4O3. The topological polar surface area (TPSA) is 88.8 Å². The fraction of sp³-hybridized carbons (Fsp3) is 0.278. The van der Waals surface area contributed by atoms with Gasteiger partial charge in [-0.2, -0.15) is 0 Å². The van der Waals surface area contributed by atoms with Crippen LogP contribution in [-0.4, -0.2) is 30.6 Å². The molecule has 26 heavy (non-hydrogen) atoms. The molecule has 1 aliphatic heterocycles. The highest BCUT2D eigenvalue weighted by Gasteiger charge is 2.22. The molecule has 0 saturated carbocycles. The molecule has 1 heterocycles. The highest BCUT2D eigenvalue weighted by Crippen LogP contribution is 2.27. The Kier molecular flexibility index (Phi) is 7.19. The summed E-state index contributed by atoms with van der Waals surface area (Å²) in [5, 5.41) is 17.1. The molecule has 1 atom stereocenters. The van der Waals surface area contributed by atoms with E-state index in [2.05, 4.69) is 21.7 Å². The van der Waals surface area contributed by atoms with E-state index >= 15 is 0 Å². The number of nitrogens with zero attached hydrogens (tertiary/aromatic N) is 2. The molecule has 0 aromatic heterocycles. The summed E-state index contributed by atoms with van der Waals surface area (Å²) in [4.78, 5) is 14.5. The minimum atomic E-state index is -0.405. The Balaban J connectivity index is 0.00000243. The monoisotopic (exact) mass is 468 g/mol. The first-order chi connectivity index (χ1) is 12.2. The summed E-state index contributed by atoms with van der Waals surface area (Å²) < 4.78 is 5.89. The van der Waals surface area contributed by atoms with Crippen molar-refractivity contribution in [2.75, 3.05) is 13.6 Å². The average Bonchev–Trinajstić information content (AvgIpc) is 3.05. The van der Waals surface area contributed by atoms with Gasteiger partial charge in [-0.15, -0.1) is 24.0 Å². The van der Waals surface area contributed by atoms with Crippen molar-refractivity contribution in [2.45, 2.75) is 19.1 Å². The van der Waals surface area contributed by atoms with Gasteiger partial charge in [-0.3, -0.25) is 15.1 Å². The van der Waals surface area contributed by atoms with Crippen LogP contribution >= 0.6 is 24.0 Å². The largest absolute Gasteiger partial charge is 0.488 e. The summed E-state index contributed by atoms with van der Waals surface area (Å²) >= 11 is 0. The third-order valence-electron chi connectivity index (χ3n) is 4.04. The summed E-state index contributed by atoms with van der Waals surface area (Å²) in [5.74, 6) is 1.61. The molecule has 1 unspecified atom stereocenters. The second kappa shape index (κ2) is 9.37. The minimum Gasteiger partial charge on any atom is -0.488 e. The molecule has 0 fully saturated rings. The molecule has 7 nitrogen and oxygen atoms in total. The fourth-order valence-corrected chi connectivity index (χ4v) is 2.72. The first-order valence-corrected chi connectivity index (χ1v) is 8.08. The van der Waals surface area contributed by atoms with Crippen molar-refractivity contribution < 1.29 is 9.66 Å². The van der Waals surface area contributed by atoms with Crippen LogP contribution in [0.4, 0.5) is 5.69 Å². The Hall–Kier alpha value is -2.36. The third kappa shape index (κ3) is 5.07. The molecule has 0 radical (unpaired) electrons. The lowest BCUT2D eigenvalue weighted by atomic mass is 10.1. The second-order valence-electron chi connectivity index (χ2n) is 5.78. The number of nitrogens with one attached hydrogen (secondary N) is 2.